The van der Waals surface area contributed by atoms with E-state index in [1.54, 1.807) is 38.4 Å². The van der Waals surface area contributed by atoms with Crippen molar-refractivity contribution in [2.24, 2.45) is 0 Å². The number of fused-ring (bicyclic) bond motifs is 1. The number of esters is 1. The molecule has 0 radical (unpaired) electrons. The number of aryl methyl sites for hydroxylation is 1. The van der Waals surface area contributed by atoms with Gasteiger partial charge in [-0.15, -0.1) is 0 Å². The van der Waals surface area contributed by atoms with Gasteiger partial charge in [-0.05, 0) is 19.1 Å². The zero-order chi connectivity index (χ0) is 17.9. The molecule has 0 aliphatic carbocycles. The standard InChI is InChI=1S/C16H19N3O5/c1-10(15(22)18(2)3)24-13(20)8-9-19-16(23)12-7-5-4-6-11(12)14(21)17-19/h4-7,10H,8-9H2,1-3H3,(H,17,21)/t10-/m1/s1. The first-order valence-corrected chi connectivity index (χ1v) is 7.43. The van der Waals surface area contributed by atoms with Crippen LogP contribution in [0.2, 0.25) is 0 Å². The Labute approximate surface area is 137 Å². The fraction of sp³-hybridized carbons (Fsp3) is 0.375. The van der Waals surface area contributed by atoms with E-state index >= 15 is 0 Å². The fourth-order valence-corrected chi connectivity index (χ4v) is 2.28. The molecule has 128 valence electrons. The number of amides is 1. The second-order valence-corrected chi connectivity index (χ2v) is 5.56. The van der Waals surface area contributed by atoms with Crippen LogP contribution in [-0.4, -0.2) is 46.8 Å². The van der Waals surface area contributed by atoms with Gasteiger partial charge in [-0.2, -0.15) is 0 Å². The Kier molecular flexibility index (Phi) is 5.18. The van der Waals surface area contributed by atoms with Crippen LogP contribution in [0.1, 0.15) is 13.3 Å². The number of likely N-dealkylation sites (N-methyl/N-ethyl adjacent to an activating group) is 1. The quantitative estimate of drug-likeness (QED) is 0.782. The van der Waals surface area contributed by atoms with Crippen molar-refractivity contribution in [1.82, 2.24) is 14.7 Å². The lowest BCUT2D eigenvalue weighted by Crippen LogP contribution is -2.35. The molecule has 1 N–H and O–H groups in total. The van der Waals surface area contributed by atoms with E-state index in [9.17, 15) is 19.2 Å². The molecule has 1 amide bonds. The van der Waals surface area contributed by atoms with E-state index in [2.05, 4.69) is 5.10 Å². The van der Waals surface area contributed by atoms with Gasteiger partial charge in [0.25, 0.3) is 17.0 Å². The molecule has 8 heteroatoms. The van der Waals surface area contributed by atoms with Gasteiger partial charge in [-0.3, -0.25) is 24.3 Å². The summed E-state index contributed by atoms with van der Waals surface area (Å²) >= 11 is 0. The fourth-order valence-electron chi connectivity index (χ4n) is 2.28. The molecular weight excluding hydrogens is 314 g/mol. The minimum Gasteiger partial charge on any atom is -0.452 e. The first-order valence-electron chi connectivity index (χ1n) is 7.43. The Balaban J connectivity index is 2.10. The number of hydrogen-bond donors (Lipinski definition) is 1. The monoisotopic (exact) mass is 333 g/mol. The predicted octanol–water partition coefficient (Wildman–Crippen LogP) is 0.0998. The van der Waals surface area contributed by atoms with Crippen molar-refractivity contribution in [2.45, 2.75) is 26.0 Å². The van der Waals surface area contributed by atoms with Crippen LogP contribution >= 0.6 is 0 Å². The van der Waals surface area contributed by atoms with E-state index in [0.29, 0.717) is 5.39 Å². The van der Waals surface area contributed by atoms with Gasteiger partial charge in [0.15, 0.2) is 6.10 Å². The number of hydrogen-bond acceptors (Lipinski definition) is 5. The summed E-state index contributed by atoms with van der Waals surface area (Å²) in [5, 5.41) is 3.01. The maximum absolute atomic E-state index is 12.3. The molecule has 24 heavy (non-hydrogen) atoms. The Morgan fingerprint density at radius 3 is 2.46 bits per heavy atom. The second kappa shape index (κ2) is 7.12. The molecule has 0 aliphatic rings. The van der Waals surface area contributed by atoms with Crippen molar-refractivity contribution in [2.75, 3.05) is 14.1 Å². The molecule has 0 aliphatic heterocycles. The highest BCUT2D eigenvalue weighted by Gasteiger charge is 2.19. The second-order valence-electron chi connectivity index (χ2n) is 5.56. The molecule has 0 saturated heterocycles. The number of ether oxygens (including phenoxy) is 1. The summed E-state index contributed by atoms with van der Waals surface area (Å²) in [4.78, 5) is 49.0. The average molecular weight is 333 g/mol. The van der Waals surface area contributed by atoms with E-state index in [1.165, 1.54) is 11.8 Å². The molecule has 8 nitrogen and oxygen atoms in total. The third-order valence-corrected chi connectivity index (χ3v) is 3.52. The zero-order valence-electron chi connectivity index (χ0n) is 13.7. The smallest absolute Gasteiger partial charge is 0.308 e. The minimum atomic E-state index is -0.903. The number of aromatic amines is 1. The van der Waals surface area contributed by atoms with Gasteiger partial charge in [0.05, 0.1) is 23.7 Å². The number of carbonyl (C=O) groups excluding carboxylic acids is 2. The number of benzene rings is 1. The molecule has 1 heterocycles. The van der Waals surface area contributed by atoms with Crippen LogP contribution < -0.4 is 11.1 Å². The maximum atomic E-state index is 12.3. The van der Waals surface area contributed by atoms with Crippen LogP contribution in [0.5, 0.6) is 0 Å². The highest BCUT2D eigenvalue weighted by Crippen LogP contribution is 2.03. The first kappa shape index (κ1) is 17.5. The third-order valence-electron chi connectivity index (χ3n) is 3.52. The highest BCUT2D eigenvalue weighted by atomic mass is 16.5. The molecule has 1 aromatic carbocycles. The van der Waals surface area contributed by atoms with Gasteiger partial charge in [0.1, 0.15) is 0 Å². The van der Waals surface area contributed by atoms with Crippen LogP contribution in [-0.2, 0) is 20.9 Å². The zero-order valence-corrected chi connectivity index (χ0v) is 13.7. The van der Waals surface area contributed by atoms with Crippen LogP contribution in [0.4, 0.5) is 0 Å². The van der Waals surface area contributed by atoms with E-state index in [1.807, 2.05) is 0 Å². The summed E-state index contributed by atoms with van der Waals surface area (Å²) in [6.07, 6.45) is -1.04. The van der Waals surface area contributed by atoms with E-state index in [-0.39, 0.29) is 24.3 Å². The molecule has 0 spiro atoms. The van der Waals surface area contributed by atoms with Gasteiger partial charge in [0, 0.05) is 14.1 Å². The molecule has 2 rings (SSSR count). The summed E-state index contributed by atoms with van der Waals surface area (Å²) in [5.74, 6) is -0.960. The molecule has 0 bridgehead atoms. The minimum absolute atomic E-state index is 0.0411. The maximum Gasteiger partial charge on any atom is 0.308 e. The lowest BCUT2D eigenvalue weighted by Gasteiger charge is -2.17. The molecule has 0 fully saturated rings. The van der Waals surface area contributed by atoms with Gasteiger partial charge < -0.3 is 9.64 Å². The number of nitrogens with one attached hydrogen (secondary N) is 1. The average Bonchev–Trinajstić information content (AvgIpc) is 2.56. The van der Waals surface area contributed by atoms with Crippen molar-refractivity contribution in [3.8, 4) is 0 Å². The lowest BCUT2D eigenvalue weighted by molar-refractivity contribution is -0.158. The summed E-state index contributed by atoms with van der Waals surface area (Å²) in [5.41, 5.74) is -0.801. The number of carbonyl (C=O) groups is 2. The SMILES string of the molecule is C[C@@H](OC(=O)CCn1[nH]c(=O)c2ccccc2c1=O)C(=O)N(C)C. The van der Waals surface area contributed by atoms with E-state index in [0.717, 1.165) is 4.68 Å². The number of H-pyrrole nitrogens is 1. The third kappa shape index (κ3) is 3.70. The summed E-state index contributed by atoms with van der Waals surface area (Å²) in [7, 11) is 3.12. The van der Waals surface area contributed by atoms with Crippen LogP contribution in [0.15, 0.2) is 33.9 Å². The Hall–Kier alpha value is -2.90. The molecule has 2 aromatic rings. The van der Waals surface area contributed by atoms with Crippen molar-refractivity contribution < 1.29 is 14.3 Å². The summed E-state index contributed by atoms with van der Waals surface area (Å²) < 4.78 is 6.09. The lowest BCUT2D eigenvalue weighted by atomic mass is 10.2. The molecular formula is C16H19N3O5. The van der Waals surface area contributed by atoms with Crippen molar-refractivity contribution in [3.63, 3.8) is 0 Å². The Morgan fingerprint density at radius 2 is 1.83 bits per heavy atom. The van der Waals surface area contributed by atoms with Crippen LogP contribution in [0.25, 0.3) is 10.8 Å². The molecule has 1 atom stereocenters. The number of rotatable bonds is 5. The van der Waals surface area contributed by atoms with Crippen LogP contribution in [0, 0.1) is 0 Å². The van der Waals surface area contributed by atoms with Crippen LogP contribution in [0.3, 0.4) is 0 Å². The van der Waals surface area contributed by atoms with Gasteiger partial charge in [0.2, 0.25) is 0 Å². The summed E-state index contributed by atoms with van der Waals surface area (Å²) in [6, 6.07) is 6.44. The van der Waals surface area contributed by atoms with Gasteiger partial charge in [-0.1, -0.05) is 12.1 Å². The number of nitrogens with zero attached hydrogens (tertiary/aromatic N) is 2. The summed E-state index contributed by atoms with van der Waals surface area (Å²) in [6.45, 7) is 1.44. The number of aromatic nitrogens is 2. The molecule has 0 unspecified atom stereocenters. The highest BCUT2D eigenvalue weighted by molar-refractivity contribution is 5.83. The van der Waals surface area contributed by atoms with Crippen molar-refractivity contribution >= 4 is 22.6 Å². The van der Waals surface area contributed by atoms with Crippen molar-refractivity contribution in [3.05, 3.63) is 45.0 Å². The largest absolute Gasteiger partial charge is 0.452 e. The van der Waals surface area contributed by atoms with Crippen molar-refractivity contribution in [1.29, 1.82) is 0 Å². The predicted molar refractivity (Wildman–Crippen MR) is 87.7 cm³/mol. The normalized spacial score (nSPS) is 12.0. The van der Waals surface area contributed by atoms with E-state index in [4.69, 9.17) is 4.74 Å². The Morgan fingerprint density at radius 1 is 1.21 bits per heavy atom. The Bertz CT molecular complexity index is 881. The van der Waals surface area contributed by atoms with Gasteiger partial charge in [-0.25, -0.2) is 4.68 Å². The molecule has 0 saturated carbocycles. The van der Waals surface area contributed by atoms with Gasteiger partial charge >= 0.3 is 5.97 Å². The topological polar surface area (TPSA) is 101 Å². The van der Waals surface area contributed by atoms with E-state index < -0.39 is 23.2 Å². The molecule has 1 aromatic heterocycles. The first-order chi connectivity index (χ1) is 11.3.